The Morgan fingerprint density at radius 1 is 1.38 bits per heavy atom. The summed E-state index contributed by atoms with van der Waals surface area (Å²) in [7, 11) is 0. The summed E-state index contributed by atoms with van der Waals surface area (Å²) in [6.45, 7) is 11.0. The van der Waals surface area contributed by atoms with Crippen LogP contribution in [-0.2, 0) is 0 Å². The molecule has 0 heterocycles. The maximum atomic E-state index is 3.91. The molecule has 0 aromatic rings. The second-order valence-corrected chi connectivity index (χ2v) is 1.84. The predicted molar refractivity (Wildman–Crippen MR) is 38.1 cm³/mol. The summed E-state index contributed by atoms with van der Waals surface area (Å²) < 4.78 is 0. The highest BCUT2D eigenvalue weighted by atomic mass is 14.7. The number of hydrogen-bond donors (Lipinski definition) is 0. The molecule has 0 atom stereocenters. The maximum Gasteiger partial charge on any atom is 0.0301 e. The fourth-order valence-electron chi connectivity index (χ4n) is 0.220. The molecule has 0 saturated heterocycles. The Hall–Kier alpha value is -0.850. The second-order valence-electron chi connectivity index (χ2n) is 1.84. The molecule has 44 valence electrons. The van der Waals surface area contributed by atoms with Gasteiger partial charge in [0.15, 0.2) is 0 Å². The van der Waals surface area contributed by atoms with Crippen molar-refractivity contribution in [2.45, 2.75) is 13.8 Å². The number of rotatable bonds is 2. The lowest BCUT2D eigenvalue weighted by Gasteiger charge is -1.84. The van der Waals surface area contributed by atoms with Gasteiger partial charge in [-0.3, -0.25) is 4.99 Å². The molecule has 0 rings (SSSR count). The van der Waals surface area contributed by atoms with Gasteiger partial charge in [-0.1, -0.05) is 13.2 Å². The Labute approximate surface area is 50.4 Å². The van der Waals surface area contributed by atoms with E-state index in [0.29, 0.717) is 0 Å². The number of hydrogen-bond acceptors (Lipinski definition) is 1. The van der Waals surface area contributed by atoms with Gasteiger partial charge in [-0.05, 0) is 19.4 Å². The fraction of sp³-hybridized carbons (Fsp3) is 0.286. The van der Waals surface area contributed by atoms with Gasteiger partial charge < -0.3 is 0 Å². The zero-order valence-corrected chi connectivity index (χ0v) is 5.44. The van der Waals surface area contributed by atoms with Gasteiger partial charge in [0, 0.05) is 11.9 Å². The molecule has 0 radical (unpaired) electrons. The molecule has 0 spiro atoms. The van der Waals surface area contributed by atoms with Gasteiger partial charge >= 0.3 is 0 Å². The molecule has 1 heteroatoms. The minimum Gasteiger partial charge on any atom is -0.262 e. The van der Waals surface area contributed by atoms with E-state index in [4.69, 9.17) is 0 Å². The van der Waals surface area contributed by atoms with Crippen LogP contribution >= 0.6 is 0 Å². The summed E-state index contributed by atoms with van der Waals surface area (Å²) in [6.07, 6.45) is 1.70. The van der Waals surface area contributed by atoms with Gasteiger partial charge in [0.2, 0.25) is 0 Å². The Morgan fingerprint density at radius 3 is 2.00 bits per heavy atom. The van der Waals surface area contributed by atoms with Crippen molar-refractivity contribution in [2.75, 3.05) is 0 Å². The van der Waals surface area contributed by atoms with Gasteiger partial charge in [-0.25, -0.2) is 0 Å². The predicted octanol–water partition coefficient (Wildman–Crippen LogP) is 2.17. The molecule has 8 heavy (non-hydrogen) atoms. The van der Waals surface area contributed by atoms with Crippen LogP contribution in [0.1, 0.15) is 13.8 Å². The molecule has 1 nitrogen and oxygen atoms in total. The van der Waals surface area contributed by atoms with E-state index < -0.39 is 0 Å². The lowest BCUT2D eigenvalue weighted by Crippen LogP contribution is -1.72. The Bertz CT molecular complexity index is 115. The molecule has 0 fully saturated rings. The van der Waals surface area contributed by atoms with Gasteiger partial charge in [0.1, 0.15) is 0 Å². The molecular formula is C7H11N. The second kappa shape index (κ2) is 3.19. The van der Waals surface area contributed by atoms with Crippen LogP contribution < -0.4 is 0 Å². The van der Waals surface area contributed by atoms with Crippen LogP contribution in [0.3, 0.4) is 0 Å². The largest absolute Gasteiger partial charge is 0.262 e. The minimum atomic E-state index is 0.813. The molecule has 0 aromatic carbocycles. The average molecular weight is 109 g/mol. The van der Waals surface area contributed by atoms with Crippen LogP contribution in [0.5, 0.6) is 0 Å². The summed E-state index contributed by atoms with van der Waals surface area (Å²) in [5, 5.41) is 0. The van der Waals surface area contributed by atoms with E-state index in [-0.39, 0.29) is 0 Å². The smallest absolute Gasteiger partial charge is 0.0301 e. The molecule has 0 N–H and O–H groups in total. The molecule has 0 aliphatic heterocycles. The minimum absolute atomic E-state index is 0.813. The fourth-order valence-corrected chi connectivity index (χ4v) is 0.220. The Balaban J connectivity index is 3.67. The van der Waals surface area contributed by atoms with Crippen molar-refractivity contribution >= 4 is 6.21 Å². The van der Waals surface area contributed by atoms with Crippen LogP contribution in [-0.4, -0.2) is 6.21 Å². The molecule has 0 aliphatic rings. The van der Waals surface area contributed by atoms with E-state index in [1.807, 2.05) is 13.8 Å². The number of nitrogens with zero attached hydrogens (tertiary/aromatic N) is 1. The van der Waals surface area contributed by atoms with Crippen molar-refractivity contribution in [1.29, 1.82) is 0 Å². The van der Waals surface area contributed by atoms with Crippen molar-refractivity contribution in [3.8, 4) is 0 Å². The highest BCUT2D eigenvalue weighted by molar-refractivity contribution is 5.77. The third-order valence-corrected chi connectivity index (χ3v) is 0.505. The number of aliphatic imine (C=N–C) groups is 1. The van der Waals surface area contributed by atoms with Crippen LogP contribution in [0.2, 0.25) is 0 Å². The summed E-state index contributed by atoms with van der Waals surface area (Å²) in [4.78, 5) is 3.91. The first-order valence-corrected chi connectivity index (χ1v) is 2.48. The monoisotopic (exact) mass is 109 g/mol. The zero-order valence-electron chi connectivity index (χ0n) is 5.44. The van der Waals surface area contributed by atoms with Gasteiger partial charge in [-0.15, -0.1) is 0 Å². The van der Waals surface area contributed by atoms with E-state index in [1.165, 1.54) is 0 Å². The van der Waals surface area contributed by atoms with Crippen LogP contribution in [0.25, 0.3) is 0 Å². The molecule has 0 aromatic heterocycles. The standard InChI is InChI=1S/C7H11N/c1-6(2)5-8-7(3)4/h5H,1,3H2,2,4H3. The number of allylic oxidation sites excluding steroid dienone is 2. The average Bonchev–Trinajstić information content (AvgIpc) is 1.61. The van der Waals surface area contributed by atoms with Gasteiger partial charge in [0.25, 0.3) is 0 Å². The van der Waals surface area contributed by atoms with Crippen molar-refractivity contribution in [3.05, 3.63) is 24.4 Å². The maximum absolute atomic E-state index is 3.91. The molecule has 0 saturated carbocycles. The molecule has 0 unspecified atom stereocenters. The molecule has 0 amide bonds. The first-order chi connectivity index (χ1) is 3.63. The van der Waals surface area contributed by atoms with Crippen molar-refractivity contribution in [1.82, 2.24) is 0 Å². The quantitative estimate of drug-likeness (QED) is 0.482. The Kier molecular flexibility index (Phi) is 2.85. The topological polar surface area (TPSA) is 12.4 Å². The first kappa shape index (κ1) is 7.15. The Morgan fingerprint density at radius 2 is 1.88 bits per heavy atom. The lowest BCUT2D eigenvalue weighted by molar-refractivity contribution is 1.33. The third-order valence-electron chi connectivity index (χ3n) is 0.505. The summed E-state index contributed by atoms with van der Waals surface area (Å²) >= 11 is 0. The van der Waals surface area contributed by atoms with Crippen LogP contribution in [0, 0.1) is 0 Å². The zero-order chi connectivity index (χ0) is 6.57. The van der Waals surface area contributed by atoms with Crippen LogP contribution in [0.15, 0.2) is 29.4 Å². The molecule has 0 bridgehead atoms. The van der Waals surface area contributed by atoms with Gasteiger partial charge in [0.05, 0.1) is 0 Å². The van der Waals surface area contributed by atoms with E-state index in [9.17, 15) is 0 Å². The SMILES string of the molecule is C=C(C)C=NC(=C)C. The van der Waals surface area contributed by atoms with Crippen molar-refractivity contribution in [2.24, 2.45) is 4.99 Å². The highest BCUT2D eigenvalue weighted by Crippen LogP contribution is 1.88. The van der Waals surface area contributed by atoms with E-state index in [1.54, 1.807) is 6.21 Å². The van der Waals surface area contributed by atoms with E-state index in [2.05, 4.69) is 18.2 Å². The first-order valence-electron chi connectivity index (χ1n) is 2.48. The summed E-state index contributed by atoms with van der Waals surface area (Å²) in [5.41, 5.74) is 1.76. The normalized spacial score (nSPS) is 9.75. The van der Waals surface area contributed by atoms with Crippen molar-refractivity contribution < 1.29 is 0 Å². The van der Waals surface area contributed by atoms with Crippen molar-refractivity contribution in [3.63, 3.8) is 0 Å². The van der Waals surface area contributed by atoms with E-state index in [0.717, 1.165) is 11.3 Å². The van der Waals surface area contributed by atoms with Gasteiger partial charge in [-0.2, -0.15) is 0 Å². The van der Waals surface area contributed by atoms with Crippen LogP contribution in [0.4, 0.5) is 0 Å². The third kappa shape index (κ3) is 5.15. The molecular weight excluding hydrogens is 98.1 g/mol. The summed E-state index contributed by atoms with van der Waals surface area (Å²) in [6, 6.07) is 0. The highest BCUT2D eigenvalue weighted by Gasteiger charge is 1.73. The summed E-state index contributed by atoms with van der Waals surface area (Å²) in [5.74, 6) is 0. The lowest BCUT2D eigenvalue weighted by atomic mass is 10.4. The van der Waals surface area contributed by atoms with E-state index >= 15 is 0 Å². The molecule has 0 aliphatic carbocycles.